The van der Waals surface area contributed by atoms with Gasteiger partial charge in [0, 0.05) is 22.7 Å². The van der Waals surface area contributed by atoms with E-state index in [0.717, 1.165) is 0 Å². The van der Waals surface area contributed by atoms with Crippen LogP contribution in [0.2, 0.25) is 5.02 Å². The normalized spacial score (nSPS) is 10.4. The van der Waals surface area contributed by atoms with Crippen LogP contribution in [0.1, 0.15) is 20.3 Å². The molecule has 7 heteroatoms. The number of carboxylic acid groups (broad SMARTS) is 1. The fourth-order valence-electron chi connectivity index (χ4n) is 1.58. The van der Waals surface area contributed by atoms with Crippen LogP contribution in [0.4, 0.5) is 10.5 Å². The van der Waals surface area contributed by atoms with E-state index in [1.54, 1.807) is 18.2 Å². The van der Waals surface area contributed by atoms with Crippen LogP contribution < -0.4 is 5.32 Å². The summed E-state index contributed by atoms with van der Waals surface area (Å²) in [5, 5.41) is 12.0. The summed E-state index contributed by atoms with van der Waals surface area (Å²) in [6, 6.07) is 4.61. The minimum atomic E-state index is -0.933. The maximum atomic E-state index is 12.1. The maximum Gasteiger partial charge on any atom is 0.322 e. The SMILES string of the molecule is CC(C)N(CCC(=O)O)C(=O)Nc1ccc(Cl)c(Br)c1. The molecular weight excluding hydrogens is 348 g/mol. The number of hydrogen-bond acceptors (Lipinski definition) is 2. The number of urea groups is 1. The largest absolute Gasteiger partial charge is 0.481 e. The van der Waals surface area contributed by atoms with Crippen molar-refractivity contribution >= 4 is 45.2 Å². The zero-order chi connectivity index (χ0) is 15.3. The van der Waals surface area contributed by atoms with Crippen molar-refractivity contribution in [1.82, 2.24) is 4.90 Å². The molecule has 0 unspecified atom stereocenters. The molecular formula is C13H16BrClN2O3. The van der Waals surface area contributed by atoms with Crippen LogP contribution in [0.15, 0.2) is 22.7 Å². The Bertz CT molecular complexity index is 508. The average Bonchev–Trinajstić information content (AvgIpc) is 2.33. The van der Waals surface area contributed by atoms with Gasteiger partial charge in [0.15, 0.2) is 0 Å². The van der Waals surface area contributed by atoms with Gasteiger partial charge < -0.3 is 15.3 Å². The second-order valence-corrected chi connectivity index (χ2v) is 5.75. The number of carbonyl (C=O) groups excluding carboxylic acids is 1. The molecule has 0 radical (unpaired) electrons. The van der Waals surface area contributed by atoms with E-state index >= 15 is 0 Å². The van der Waals surface area contributed by atoms with E-state index in [2.05, 4.69) is 21.2 Å². The minimum absolute atomic E-state index is 0.0874. The third kappa shape index (κ3) is 5.02. The molecule has 5 nitrogen and oxygen atoms in total. The van der Waals surface area contributed by atoms with Crippen LogP contribution >= 0.6 is 27.5 Å². The van der Waals surface area contributed by atoms with Gasteiger partial charge in [-0.25, -0.2) is 4.79 Å². The fraction of sp³-hybridized carbons (Fsp3) is 0.385. The van der Waals surface area contributed by atoms with Crippen molar-refractivity contribution in [1.29, 1.82) is 0 Å². The van der Waals surface area contributed by atoms with Crippen LogP contribution in [-0.2, 0) is 4.79 Å². The van der Waals surface area contributed by atoms with Gasteiger partial charge in [0.1, 0.15) is 0 Å². The highest BCUT2D eigenvalue weighted by molar-refractivity contribution is 9.10. The molecule has 110 valence electrons. The smallest absolute Gasteiger partial charge is 0.322 e. The van der Waals surface area contributed by atoms with Gasteiger partial charge in [0.05, 0.1) is 11.4 Å². The number of anilines is 1. The van der Waals surface area contributed by atoms with Crippen LogP contribution in [0.25, 0.3) is 0 Å². The predicted molar refractivity (Wildman–Crippen MR) is 82.3 cm³/mol. The van der Waals surface area contributed by atoms with Crippen LogP contribution in [0.3, 0.4) is 0 Å². The van der Waals surface area contributed by atoms with Gasteiger partial charge >= 0.3 is 12.0 Å². The van der Waals surface area contributed by atoms with Crippen molar-refractivity contribution in [3.63, 3.8) is 0 Å². The van der Waals surface area contributed by atoms with Crippen molar-refractivity contribution in [2.75, 3.05) is 11.9 Å². The highest BCUT2D eigenvalue weighted by Crippen LogP contribution is 2.25. The molecule has 1 aromatic carbocycles. The molecule has 0 atom stereocenters. The van der Waals surface area contributed by atoms with Gasteiger partial charge in [-0.05, 0) is 48.0 Å². The summed E-state index contributed by atoms with van der Waals surface area (Å²) in [7, 11) is 0. The number of aliphatic carboxylic acids is 1. The average molecular weight is 364 g/mol. The standard InChI is InChI=1S/C13H16BrClN2O3/c1-8(2)17(6-5-12(18)19)13(20)16-9-3-4-11(15)10(14)7-9/h3-4,7-8H,5-6H2,1-2H3,(H,16,20)(H,18,19). The highest BCUT2D eigenvalue weighted by atomic mass is 79.9. The van der Waals surface area contributed by atoms with E-state index in [-0.39, 0.29) is 25.0 Å². The Hall–Kier alpha value is -1.27. The van der Waals surface area contributed by atoms with E-state index in [1.165, 1.54) is 4.90 Å². The van der Waals surface area contributed by atoms with E-state index < -0.39 is 5.97 Å². The topological polar surface area (TPSA) is 69.6 Å². The first-order chi connectivity index (χ1) is 9.31. The van der Waals surface area contributed by atoms with E-state index in [1.807, 2.05) is 13.8 Å². The number of nitrogens with zero attached hydrogens (tertiary/aromatic N) is 1. The monoisotopic (exact) mass is 362 g/mol. The number of carboxylic acids is 1. The van der Waals surface area contributed by atoms with E-state index in [4.69, 9.17) is 16.7 Å². The van der Waals surface area contributed by atoms with Gasteiger partial charge in [-0.1, -0.05) is 11.6 Å². The van der Waals surface area contributed by atoms with Gasteiger partial charge in [-0.3, -0.25) is 4.79 Å². The molecule has 0 saturated carbocycles. The first-order valence-corrected chi connectivity index (χ1v) is 7.23. The van der Waals surface area contributed by atoms with Gasteiger partial charge in [-0.2, -0.15) is 0 Å². The molecule has 0 aliphatic carbocycles. The quantitative estimate of drug-likeness (QED) is 0.835. The maximum absolute atomic E-state index is 12.1. The molecule has 1 aromatic rings. The summed E-state index contributed by atoms with van der Waals surface area (Å²) in [5.74, 6) is -0.933. The molecule has 0 aromatic heterocycles. The number of nitrogens with one attached hydrogen (secondary N) is 1. The molecule has 0 heterocycles. The third-order valence-electron chi connectivity index (χ3n) is 2.62. The molecule has 0 bridgehead atoms. The van der Waals surface area contributed by atoms with E-state index in [0.29, 0.717) is 15.2 Å². The van der Waals surface area contributed by atoms with Gasteiger partial charge in [0.25, 0.3) is 0 Å². The summed E-state index contributed by atoms with van der Waals surface area (Å²) in [6.45, 7) is 3.83. The number of hydrogen-bond donors (Lipinski definition) is 2. The number of rotatable bonds is 5. The Morgan fingerprint density at radius 2 is 2.10 bits per heavy atom. The lowest BCUT2D eigenvalue weighted by Crippen LogP contribution is -2.41. The summed E-state index contributed by atoms with van der Waals surface area (Å²) in [6.07, 6.45) is -0.0874. The molecule has 2 amide bonds. The predicted octanol–water partition coefficient (Wildman–Crippen LogP) is 3.82. The van der Waals surface area contributed by atoms with Crippen molar-refractivity contribution in [2.45, 2.75) is 26.3 Å². The summed E-state index contributed by atoms with van der Waals surface area (Å²) < 4.78 is 0.679. The molecule has 2 N–H and O–H groups in total. The Labute approximate surface area is 131 Å². The van der Waals surface area contributed by atoms with Crippen molar-refractivity contribution in [3.05, 3.63) is 27.7 Å². The first-order valence-electron chi connectivity index (χ1n) is 6.05. The zero-order valence-corrected chi connectivity index (χ0v) is 13.5. The second-order valence-electron chi connectivity index (χ2n) is 4.49. The highest BCUT2D eigenvalue weighted by Gasteiger charge is 2.18. The molecule has 0 saturated heterocycles. The van der Waals surface area contributed by atoms with Crippen LogP contribution in [0.5, 0.6) is 0 Å². The summed E-state index contributed by atoms with van der Waals surface area (Å²) in [5.41, 5.74) is 0.590. The molecule has 1 rings (SSSR count). The van der Waals surface area contributed by atoms with Gasteiger partial charge in [-0.15, -0.1) is 0 Å². The third-order valence-corrected chi connectivity index (χ3v) is 3.84. The number of benzene rings is 1. The number of amides is 2. The van der Waals surface area contributed by atoms with Crippen LogP contribution in [-0.4, -0.2) is 34.6 Å². The lowest BCUT2D eigenvalue weighted by molar-refractivity contribution is -0.137. The molecule has 20 heavy (non-hydrogen) atoms. The molecule has 0 aliphatic heterocycles. The Kier molecular flexibility index (Phi) is 6.29. The van der Waals surface area contributed by atoms with Crippen molar-refractivity contribution in [3.8, 4) is 0 Å². The van der Waals surface area contributed by atoms with E-state index in [9.17, 15) is 9.59 Å². The first kappa shape index (κ1) is 16.8. The molecule has 0 aliphatic rings. The Morgan fingerprint density at radius 1 is 1.45 bits per heavy atom. The Balaban J connectivity index is 2.74. The van der Waals surface area contributed by atoms with Gasteiger partial charge in [0.2, 0.25) is 0 Å². The summed E-state index contributed by atoms with van der Waals surface area (Å²) in [4.78, 5) is 24.2. The lowest BCUT2D eigenvalue weighted by Gasteiger charge is -2.26. The number of carbonyl (C=O) groups is 2. The minimum Gasteiger partial charge on any atom is -0.481 e. The van der Waals surface area contributed by atoms with Crippen molar-refractivity contribution in [2.24, 2.45) is 0 Å². The second kappa shape index (κ2) is 7.50. The lowest BCUT2D eigenvalue weighted by atomic mass is 10.3. The molecule has 0 fully saturated rings. The van der Waals surface area contributed by atoms with Crippen molar-refractivity contribution < 1.29 is 14.7 Å². The summed E-state index contributed by atoms with van der Waals surface area (Å²) >= 11 is 9.16. The Morgan fingerprint density at radius 3 is 2.60 bits per heavy atom. The van der Waals surface area contributed by atoms with Crippen LogP contribution in [0, 0.1) is 0 Å². The molecule has 0 spiro atoms. The zero-order valence-electron chi connectivity index (χ0n) is 11.2. The fourth-order valence-corrected chi connectivity index (χ4v) is 2.08. The number of halogens is 2.